The molecule has 3 N–H and O–H groups in total. The van der Waals surface area contributed by atoms with E-state index in [0.717, 1.165) is 0 Å². The largest absolute Gasteiger partial charge is 0.519 e. The van der Waals surface area contributed by atoms with Gasteiger partial charge in [0.2, 0.25) is 14.2 Å². The highest BCUT2D eigenvalue weighted by Crippen LogP contribution is 2.06. The van der Waals surface area contributed by atoms with E-state index >= 15 is 0 Å². The Morgan fingerprint density at radius 3 is 2.00 bits per heavy atom. The van der Waals surface area contributed by atoms with Crippen molar-refractivity contribution in [1.82, 2.24) is 4.98 Å². The monoisotopic (exact) mass is 276 g/mol. The Bertz CT molecular complexity index is 295. The number of nitrogens with one attached hydrogen (secondary N) is 1. The lowest BCUT2D eigenvalue weighted by Gasteiger charge is -2.22. The summed E-state index contributed by atoms with van der Waals surface area (Å²) in [7, 11) is -3.60. The average Bonchev–Trinajstić information content (AvgIpc) is 1.95. The van der Waals surface area contributed by atoms with Gasteiger partial charge in [0.25, 0.3) is 0 Å². The molecule has 0 aliphatic rings. The molecule has 1 amide bonds. The number of nitrogens with two attached hydrogens (primary N) is 1. The number of carbonyl (C=O) groups excluding carboxylic acids is 2. The second-order valence-electron chi connectivity index (χ2n) is 6.14. The molecule has 0 rings (SSSR count). The van der Waals surface area contributed by atoms with Crippen LogP contribution in [0.3, 0.4) is 0 Å². The zero-order chi connectivity index (χ0) is 13.9. The molecule has 0 fully saturated rings. The van der Waals surface area contributed by atoms with Gasteiger partial charge in [-0.2, -0.15) is 0 Å². The van der Waals surface area contributed by atoms with Gasteiger partial charge in [-0.25, -0.2) is 0 Å². The topological polar surface area (TPSA) is 81.4 Å². The second kappa shape index (κ2) is 5.79. The van der Waals surface area contributed by atoms with Crippen molar-refractivity contribution in [3.63, 3.8) is 0 Å². The van der Waals surface area contributed by atoms with Crippen molar-refractivity contribution in [1.29, 1.82) is 0 Å². The molecule has 0 radical (unpaired) electrons. The van der Waals surface area contributed by atoms with Gasteiger partial charge in [0.15, 0.2) is 0 Å². The van der Waals surface area contributed by atoms with Gasteiger partial charge in [0.1, 0.15) is 14.3 Å². The van der Waals surface area contributed by atoms with Gasteiger partial charge in [-0.1, -0.05) is 19.6 Å². The molecule has 17 heavy (non-hydrogen) atoms. The van der Waals surface area contributed by atoms with Crippen molar-refractivity contribution in [2.45, 2.75) is 51.7 Å². The summed E-state index contributed by atoms with van der Waals surface area (Å²) in [4.78, 5) is 26.1. The third-order valence-corrected chi connectivity index (χ3v) is 3.47. The Morgan fingerprint density at radius 1 is 1.18 bits per heavy atom. The fourth-order valence-electron chi connectivity index (χ4n) is 1.13. The fourth-order valence-corrected chi connectivity index (χ4v) is 2.82. The second-order valence-corrected chi connectivity index (χ2v) is 15.3. The maximum absolute atomic E-state index is 11.6. The molecular formula is C10H24N2O3Si2. The standard InChI is InChI=1S/C10H24N2O3Si2/c1-16(2,3)12-9(13)7-8(11)10(14)15-17(4,5)6/h8H,7,11H2,1-6H3,(H,12,13). The molecule has 0 aromatic rings. The van der Waals surface area contributed by atoms with Crippen molar-refractivity contribution < 1.29 is 14.0 Å². The smallest absolute Gasteiger partial charge is 0.310 e. The molecule has 0 saturated heterocycles. The Hall–Kier alpha value is -0.666. The third kappa shape index (κ3) is 9.07. The number of hydrogen-bond acceptors (Lipinski definition) is 4. The van der Waals surface area contributed by atoms with Crippen LogP contribution in [-0.2, 0) is 14.0 Å². The SMILES string of the molecule is C[Si](C)(C)NC(=O)CC(N)C(=O)O[Si](C)(C)C. The van der Waals surface area contributed by atoms with Crippen LogP contribution in [0.1, 0.15) is 6.42 Å². The quantitative estimate of drug-likeness (QED) is 0.735. The van der Waals surface area contributed by atoms with Crippen molar-refractivity contribution in [2.24, 2.45) is 5.73 Å². The third-order valence-electron chi connectivity index (χ3n) is 1.63. The van der Waals surface area contributed by atoms with E-state index in [4.69, 9.17) is 10.2 Å². The summed E-state index contributed by atoms with van der Waals surface area (Å²) < 4.78 is 5.24. The van der Waals surface area contributed by atoms with Crippen molar-refractivity contribution >= 4 is 28.4 Å². The first kappa shape index (κ1) is 16.3. The maximum Gasteiger partial charge on any atom is 0.310 e. The zero-order valence-corrected chi connectivity index (χ0v) is 13.6. The molecule has 0 bridgehead atoms. The summed E-state index contributed by atoms with van der Waals surface area (Å²) in [6.07, 6.45) is -0.00637. The predicted octanol–water partition coefficient (Wildman–Crippen LogP) is 1.03. The maximum atomic E-state index is 11.6. The van der Waals surface area contributed by atoms with Crippen LogP contribution in [0.4, 0.5) is 0 Å². The molecule has 7 heteroatoms. The molecule has 0 aromatic heterocycles. The molecule has 1 atom stereocenters. The van der Waals surface area contributed by atoms with E-state index in [1.807, 2.05) is 39.3 Å². The van der Waals surface area contributed by atoms with Crippen molar-refractivity contribution in [3.05, 3.63) is 0 Å². The van der Waals surface area contributed by atoms with E-state index in [1.54, 1.807) is 0 Å². The predicted molar refractivity (Wildman–Crippen MR) is 73.5 cm³/mol. The molecule has 0 aromatic carbocycles. The van der Waals surface area contributed by atoms with E-state index < -0.39 is 28.6 Å². The Balaban J connectivity index is 4.22. The lowest BCUT2D eigenvalue weighted by atomic mass is 10.2. The van der Waals surface area contributed by atoms with E-state index in [9.17, 15) is 9.59 Å². The summed E-state index contributed by atoms with van der Waals surface area (Å²) in [5.41, 5.74) is 5.65. The molecule has 0 saturated carbocycles. The van der Waals surface area contributed by atoms with Crippen LogP contribution < -0.4 is 10.7 Å². The average molecular weight is 276 g/mol. The first-order valence-corrected chi connectivity index (χ1v) is 12.6. The minimum atomic E-state index is -1.93. The summed E-state index contributed by atoms with van der Waals surface area (Å²) in [5.74, 6) is -0.654. The van der Waals surface area contributed by atoms with Crippen LogP contribution in [0.2, 0.25) is 39.3 Å². The van der Waals surface area contributed by atoms with Crippen LogP contribution in [0.25, 0.3) is 0 Å². The minimum absolute atomic E-state index is 0.00637. The summed E-state index contributed by atoms with van der Waals surface area (Å²) in [6.45, 7) is 11.7. The zero-order valence-electron chi connectivity index (χ0n) is 11.6. The molecule has 100 valence electrons. The van der Waals surface area contributed by atoms with Crippen LogP contribution in [-0.4, -0.2) is 34.5 Å². The Morgan fingerprint density at radius 2 is 1.65 bits per heavy atom. The van der Waals surface area contributed by atoms with E-state index in [0.29, 0.717) is 0 Å². The van der Waals surface area contributed by atoms with Gasteiger partial charge in [0, 0.05) is 0 Å². The van der Waals surface area contributed by atoms with Crippen molar-refractivity contribution in [3.8, 4) is 0 Å². The van der Waals surface area contributed by atoms with Gasteiger partial charge in [-0.05, 0) is 19.6 Å². The lowest BCUT2D eigenvalue weighted by molar-refractivity contribution is -0.138. The van der Waals surface area contributed by atoms with E-state index in [2.05, 4.69) is 4.98 Å². The molecule has 5 nitrogen and oxygen atoms in total. The number of amides is 1. The van der Waals surface area contributed by atoms with E-state index in [1.165, 1.54) is 0 Å². The Labute approximate surface area is 105 Å². The number of hydrogen-bond donors (Lipinski definition) is 2. The fraction of sp³-hybridized carbons (Fsp3) is 0.800. The first-order valence-electron chi connectivity index (χ1n) is 5.70. The summed E-state index contributed by atoms with van der Waals surface area (Å²) >= 11 is 0. The molecule has 1 unspecified atom stereocenters. The summed E-state index contributed by atoms with van der Waals surface area (Å²) in [5, 5.41) is 0. The van der Waals surface area contributed by atoms with Gasteiger partial charge < -0.3 is 15.1 Å². The minimum Gasteiger partial charge on any atom is -0.519 e. The van der Waals surface area contributed by atoms with E-state index in [-0.39, 0.29) is 12.3 Å². The highest BCUT2D eigenvalue weighted by atomic mass is 28.4. The van der Waals surface area contributed by atoms with Gasteiger partial charge in [0.05, 0.1) is 6.42 Å². The molecular weight excluding hydrogens is 252 g/mol. The first-order chi connectivity index (χ1) is 7.41. The number of rotatable bonds is 5. The normalized spacial score (nSPS) is 14.1. The van der Waals surface area contributed by atoms with Crippen molar-refractivity contribution in [2.75, 3.05) is 0 Å². The molecule has 0 aliphatic carbocycles. The highest BCUT2D eigenvalue weighted by molar-refractivity contribution is 6.75. The lowest BCUT2D eigenvalue weighted by Crippen LogP contribution is -2.49. The van der Waals surface area contributed by atoms with Crippen LogP contribution in [0.5, 0.6) is 0 Å². The molecule has 0 heterocycles. The highest BCUT2D eigenvalue weighted by Gasteiger charge is 2.27. The van der Waals surface area contributed by atoms with Gasteiger partial charge >= 0.3 is 5.97 Å². The summed E-state index contributed by atoms with van der Waals surface area (Å²) in [6, 6.07) is -0.863. The molecule has 0 spiro atoms. The van der Waals surface area contributed by atoms with Crippen LogP contribution >= 0.6 is 0 Å². The molecule has 0 aliphatic heterocycles. The van der Waals surface area contributed by atoms with Gasteiger partial charge in [-0.15, -0.1) is 0 Å². The number of carbonyl (C=O) groups is 2. The van der Waals surface area contributed by atoms with Gasteiger partial charge in [-0.3, -0.25) is 9.59 Å². The Kier molecular flexibility index (Phi) is 5.56. The van der Waals surface area contributed by atoms with Crippen LogP contribution in [0, 0.1) is 0 Å². The van der Waals surface area contributed by atoms with Crippen LogP contribution in [0.15, 0.2) is 0 Å².